The van der Waals surface area contributed by atoms with Crippen molar-refractivity contribution >= 4 is 39.6 Å². The van der Waals surface area contributed by atoms with Crippen LogP contribution in [0.1, 0.15) is 67.7 Å². The number of nitrogens with two attached hydrogens (primary N) is 1. The number of urea groups is 1. The number of hydrogen-bond acceptors (Lipinski definition) is 7. The Kier molecular flexibility index (Phi) is 10.5. The summed E-state index contributed by atoms with van der Waals surface area (Å²) in [5.74, 6) is -2.97. The predicted molar refractivity (Wildman–Crippen MR) is 175 cm³/mol. The van der Waals surface area contributed by atoms with Crippen molar-refractivity contribution in [3.63, 3.8) is 0 Å². The monoisotopic (exact) mass is 674 g/mol. The number of likely N-dealkylation sites (tertiary alicyclic amines) is 1. The lowest BCUT2D eigenvalue weighted by atomic mass is 9.85. The molecule has 0 radical (unpaired) electrons. The van der Waals surface area contributed by atoms with Gasteiger partial charge in [-0.25, -0.2) is 17.9 Å². The van der Waals surface area contributed by atoms with Crippen LogP contribution in [-0.2, 0) is 29.2 Å². The lowest BCUT2D eigenvalue weighted by Crippen LogP contribution is -2.62. The molecule has 14 heteroatoms. The first-order valence-corrected chi connectivity index (χ1v) is 17.8. The topological polar surface area (TPSA) is 197 Å². The molecule has 260 valence electrons. The third-order valence-electron chi connectivity index (χ3n) is 9.96. The molecule has 1 aliphatic heterocycles. The third-order valence-corrected chi connectivity index (χ3v) is 11.4. The molecule has 13 nitrogen and oxygen atoms in total. The Labute approximate surface area is 277 Å². The number of fused-ring (bicyclic) bond motifs is 1. The average molecular weight is 675 g/mol. The van der Waals surface area contributed by atoms with Crippen molar-refractivity contribution in [3.8, 4) is 0 Å². The van der Waals surface area contributed by atoms with Crippen LogP contribution in [0, 0.1) is 34.5 Å². The van der Waals surface area contributed by atoms with Crippen LogP contribution in [0.2, 0.25) is 0 Å². The van der Waals surface area contributed by atoms with Gasteiger partial charge in [0, 0.05) is 19.1 Å². The van der Waals surface area contributed by atoms with E-state index in [1.54, 1.807) is 39.0 Å². The zero-order valence-electron chi connectivity index (χ0n) is 28.3. The largest absolute Gasteiger partial charge is 0.363 e. The molecule has 2 saturated carbocycles. The molecule has 47 heavy (non-hydrogen) atoms. The normalized spacial score (nSPS) is 23.7. The number of hydrogen-bond donors (Lipinski definition) is 5. The maximum Gasteiger partial charge on any atom is 0.315 e. The highest BCUT2D eigenvalue weighted by atomic mass is 32.2. The molecule has 3 aliphatic rings. The Morgan fingerprint density at radius 1 is 1.00 bits per heavy atom. The summed E-state index contributed by atoms with van der Waals surface area (Å²) in [7, 11) is -3.81. The van der Waals surface area contributed by atoms with E-state index < -0.39 is 69.1 Å². The lowest BCUT2D eigenvalue weighted by Gasteiger charge is -2.38. The Balaban J connectivity index is 1.48. The summed E-state index contributed by atoms with van der Waals surface area (Å²) in [6.45, 7) is 13.4. The van der Waals surface area contributed by atoms with E-state index in [2.05, 4.69) is 20.7 Å². The minimum atomic E-state index is -3.81. The number of Topliss-reactive ketones (excluding diaryl/α,β-unsaturated/α-hetero) is 1. The zero-order valence-corrected chi connectivity index (χ0v) is 29.1. The molecule has 0 bridgehead atoms. The van der Waals surface area contributed by atoms with Gasteiger partial charge in [-0.2, -0.15) is 0 Å². The van der Waals surface area contributed by atoms with Crippen molar-refractivity contribution in [2.45, 2.75) is 96.8 Å². The fourth-order valence-electron chi connectivity index (χ4n) is 6.65. The van der Waals surface area contributed by atoms with Crippen LogP contribution >= 0.6 is 0 Å². The van der Waals surface area contributed by atoms with Crippen LogP contribution in [0.5, 0.6) is 0 Å². The highest BCUT2D eigenvalue weighted by molar-refractivity contribution is 7.89. The number of benzene rings is 1. The molecule has 4 rings (SSSR count). The number of amides is 5. The molecule has 1 aromatic carbocycles. The van der Waals surface area contributed by atoms with Crippen LogP contribution in [0.3, 0.4) is 0 Å². The molecule has 2 unspecified atom stereocenters. The standard InChI is InChI=1S/C33H50N6O7S/c1-18(2)23(16-35-47(45,46)20-11-9-8-10-12-20)37-31(44)38-27(32(3,4)5)30(43)39-17-21-24(33(21,6)7)25(39)29(42)36-22(15-19-13-14-19)26(40)28(34)41/h8-12,18-19,21-25,27,35H,13-17H2,1-7H3,(H2,34,41)(H,36,42)(H2,37,38,44)/t21-,22?,23+,24?,25-,27+/m0/s1. The first-order chi connectivity index (χ1) is 21.8. The number of ketones is 1. The van der Waals surface area contributed by atoms with Crippen LogP contribution in [0.4, 0.5) is 4.79 Å². The number of carbonyl (C=O) groups excluding carboxylic acids is 5. The quantitative estimate of drug-likeness (QED) is 0.184. The van der Waals surface area contributed by atoms with Gasteiger partial charge in [-0.3, -0.25) is 19.2 Å². The van der Waals surface area contributed by atoms with E-state index in [4.69, 9.17) is 5.73 Å². The molecule has 6 atom stereocenters. The maximum atomic E-state index is 14.2. The van der Waals surface area contributed by atoms with Crippen molar-refractivity contribution in [2.75, 3.05) is 13.1 Å². The summed E-state index contributed by atoms with van der Waals surface area (Å²) >= 11 is 0. The van der Waals surface area contributed by atoms with Gasteiger partial charge in [0.15, 0.2) is 0 Å². The summed E-state index contributed by atoms with van der Waals surface area (Å²) < 4.78 is 28.1. The summed E-state index contributed by atoms with van der Waals surface area (Å²) in [5, 5.41) is 8.37. The first-order valence-electron chi connectivity index (χ1n) is 16.3. The molecular weight excluding hydrogens is 624 g/mol. The highest BCUT2D eigenvalue weighted by Gasteiger charge is 2.70. The van der Waals surface area contributed by atoms with E-state index in [0.717, 1.165) is 12.8 Å². The summed E-state index contributed by atoms with van der Waals surface area (Å²) in [4.78, 5) is 67.4. The second-order valence-corrected chi connectivity index (χ2v) is 17.1. The molecule has 3 fully saturated rings. The zero-order chi connectivity index (χ0) is 35.1. The molecule has 5 amide bonds. The Bertz CT molecular complexity index is 1490. The van der Waals surface area contributed by atoms with E-state index >= 15 is 0 Å². The first kappa shape index (κ1) is 36.3. The number of rotatable bonds is 14. The minimum absolute atomic E-state index is 0.0494. The summed E-state index contributed by atoms with van der Waals surface area (Å²) in [6, 6.07) is 3.67. The lowest BCUT2D eigenvalue weighted by molar-refractivity contribution is -0.145. The second-order valence-electron chi connectivity index (χ2n) is 15.3. The molecule has 0 spiro atoms. The van der Waals surface area contributed by atoms with Gasteiger partial charge < -0.3 is 26.6 Å². The van der Waals surface area contributed by atoms with E-state index in [-0.39, 0.29) is 40.5 Å². The van der Waals surface area contributed by atoms with Crippen LogP contribution in [0.25, 0.3) is 0 Å². The molecule has 1 saturated heterocycles. The maximum absolute atomic E-state index is 14.2. The number of piperidine rings is 1. The smallest absolute Gasteiger partial charge is 0.315 e. The van der Waals surface area contributed by atoms with Gasteiger partial charge >= 0.3 is 6.03 Å². The fraction of sp³-hybridized carbons (Fsp3) is 0.667. The van der Waals surface area contributed by atoms with E-state index in [1.165, 1.54) is 17.0 Å². The van der Waals surface area contributed by atoms with E-state index in [9.17, 15) is 32.4 Å². The summed E-state index contributed by atoms with van der Waals surface area (Å²) in [6.07, 6.45) is 2.13. The Morgan fingerprint density at radius 3 is 2.15 bits per heavy atom. The van der Waals surface area contributed by atoms with E-state index in [0.29, 0.717) is 13.0 Å². The fourth-order valence-corrected chi connectivity index (χ4v) is 7.73. The third kappa shape index (κ3) is 8.32. The molecule has 1 aromatic rings. The van der Waals surface area contributed by atoms with Gasteiger partial charge in [-0.15, -0.1) is 0 Å². The van der Waals surface area contributed by atoms with Crippen LogP contribution in [0.15, 0.2) is 35.2 Å². The molecule has 0 aromatic heterocycles. The van der Waals surface area contributed by atoms with Gasteiger partial charge in [0.2, 0.25) is 27.6 Å². The van der Waals surface area contributed by atoms with Crippen LogP contribution < -0.4 is 26.4 Å². The van der Waals surface area contributed by atoms with Gasteiger partial charge in [0.05, 0.1) is 10.9 Å². The number of sulfonamides is 1. The van der Waals surface area contributed by atoms with E-state index in [1.807, 2.05) is 27.7 Å². The molecule has 2 aliphatic carbocycles. The molecule has 6 N–H and O–H groups in total. The van der Waals surface area contributed by atoms with Crippen LogP contribution in [-0.4, -0.2) is 80.1 Å². The highest BCUT2D eigenvalue weighted by Crippen LogP contribution is 2.65. The molecule has 1 heterocycles. The SMILES string of the molecule is CC(C)[C@@H](CNS(=O)(=O)c1ccccc1)NC(=O)N[C@H](C(=O)N1C[C@H]2C([C@H]1C(=O)NC(CC1CC1)C(=O)C(N)=O)C2(C)C)C(C)(C)C. The molecular formula is C33H50N6O7S. The summed E-state index contributed by atoms with van der Waals surface area (Å²) in [5.41, 5.74) is 4.31. The van der Waals surface area contributed by atoms with Gasteiger partial charge in [-0.1, -0.05) is 79.5 Å². The van der Waals surface area contributed by atoms with Crippen molar-refractivity contribution in [1.29, 1.82) is 0 Å². The van der Waals surface area contributed by atoms with Crippen molar-refractivity contribution in [1.82, 2.24) is 25.6 Å². The Hall–Kier alpha value is -3.52. The Morgan fingerprint density at radius 2 is 1.62 bits per heavy atom. The number of carbonyl (C=O) groups is 5. The predicted octanol–water partition coefficient (Wildman–Crippen LogP) is 1.53. The number of nitrogens with one attached hydrogen (secondary N) is 4. The second kappa shape index (κ2) is 13.5. The number of primary amides is 1. The van der Waals surface area contributed by atoms with Crippen molar-refractivity contribution in [2.24, 2.45) is 40.2 Å². The van der Waals surface area contributed by atoms with Crippen molar-refractivity contribution in [3.05, 3.63) is 30.3 Å². The van der Waals surface area contributed by atoms with Gasteiger partial charge in [0.25, 0.3) is 5.91 Å². The van der Waals surface area contributed by atoms with Crippen molar-refractivity contribution < 1.29 is 32.4 Å². The van der Waals surface area contributed by atoms with Gasteiger partial charge in [0.1, 0.15) is 12.1 Å². The van der Waals surface area contributed by atoms with Gasteiger partial charge in [-0.05, 0) is 53.1 Å². The average Bonchev–Trinajstić information content (AvgIpc) is 3.84. The number of nitrogens with zero attached hydrogens (tertiary/aromatic N) is 1. The minimum Gasteiger partial charge on any atom is -0.363 e.